The third kappa shape index (κ3) is 2.39. The van der Waals surface area contributed by atoms with Gasteiger partial charge in [-0.2, -0.15) is 4.31 Å². The predicted molar refractivity (Wildman–Crippen MR) is 81.6 cm³/mol. The molecule has 1 saturated heterocycles. The Balaban J connectivity index is 2.01. The van der Waals surface area contributed by atoms with E-state index in [4.69, 9.17) is 11.6 Å². The molecule has 20 heavy (non-hydrogen) atoms. The molecule has 2 heterocycles. The summed E-state index contributed by atoms with van der Waals surface area (Å²) in [5, 5.41) is 2.26. The number of hydrogen-bond acceptors (Lipinski definition) is 3. The quantitative estimate of drug-likeness (QED) is 0.856. The van der Waals surface area contributed by atoms with Crippen LogP contribution in [0.4, 0.5) is 0 Å². The van der Waals surface area contributed by atoms with E-state index >= 15 is 0 Å². The summed E-state index contributed by atoms with van der Waals surface area (Å²) in [7, 11) is -3.54. The van der Waals surface area contributed by atoms with Gasteiger partial charge in [0.2, 0.25) is 10.0 Å². The van der Waals surface area contributed by atoms with Gasteiger partial charge in [0.25, 0.3) is 0 Å². The Morgan fingerprint density at radius 3 is 2.70 bits per heavy atom. The fraction of sp³-hybridized carbons (Fsp3) is 0.286. The van der Waals surface area contributed by atoms with Gasteiger partial charge in [0, 0.05) is 11.4 Å². The minimum Gasteiger partial charge on any atom is -0.207 e. The molecule has 1 atom stereocenters. The van der Waals surface area contributed by atoms with E-state index in [-0.39, 0.29) is 16.0 Å². The fourth-order valence-corrected chi connectivity index (χ4v) is 5.68. The molecule has 0 amide bonds. The first-order valence-corrected chi connectivity index (χ1v) is 9.10. The lowest BCUT2D eigenvalue weighted by molar-refractivity contribution is 0.401. The number of sulfonamides is 1. The van der Waals surface area contributed by atoms with Crippen molar-refractivity contribution in [3.05, 3.63) is 51.7 Å². The SMILES string of the molecule is O=S(=O)(c1ccccc1Cl)N1CCCC1c1cccs1. The zero-order valence-electron chi connectivity index (χ0n) is 10.7. The number of halogens is 1. The monoisotopic (exact) mass is 327 g/mol. The minimum absolute atomic E-state index is 0.0590. The molecule has 0 aliphatic carbocycles. The van der Waals surface area contributed by atoms with Crippen LogP contribution in [-0.2, 0) is 10.0 Å². The van der Waals surface area contributed by atoms with Crippen molar-refractivity contribution in [1.29, 1.82) is 0 Å². The van der Waals surface area contributed by atoms with E-state index in [1.54, 1.807) is 39.9 Å². The fourth-order valence-electron chi connectivity index (χ4n) is 2.57. The van der Waals surface area contributed by atoms with Crippen molar-refractivity contribution >= 4 is 33.0 Å². The van der Waals surface area contributed by atoms with Crippen molar-refractivity contribution in [3.63, 3.8) is 0 Å². The normalized spacial score (nSPS) is 20.4. The van der Waals surface area contributed by atoms with Gasteiger partial charge in [0.15, 0.2) is 0 Å². The first-order chi connectivity index (χ1) is 9.60. The van der Waals surface area contributed by atoms with Gasteiger partial charge in [-0.25, -0.2) is 8.42 Å². The third-order valence-electron chi connectivity index (χ3n) is 3.50. The summed E-state index contributed by atoms with van der Waals surface area (Å²) in [5.74, 6) is 0. The number of hydrogen-bond donors (Lipinski definition) is 0. The highest BCUT2D eigenvalue weighted by Crippen LogP contribution is 2.39. The van der Waals surface area contributed by atoms with Gasteiger partial charge in [-0.05, 0) is 36.4 Å². The molecular formula is C14H14ClNO2S2. The second-order valence-electron chi connectivity index (χ2n) is 4.72. The van der Waals surface area contributed by atoms with Crippen LogP contribution in [-0.4, -0.2) is 19.3 Å². The van der Waals surface area contributed by atoms with E-state index < -0.39 is 10.0 Å². The second-order valence-corrected chi connectivity index (χ2v) is 7.97. The van der Waals surface area contributed by atoms with Crippen LogP contribution < -0.4 is 0 Å². The number of rotatable bonds is 3. The molecule has 1 aromatic heterocycles. The third-order valence-corrected chi connectivity index (χ3v) is 6.88. The molecule has 1 aliphatic heterocycles. The standard InChI is InChI=1S/C14H14ClNO2S2/c15-11-5-1-2-8-14(11)20(17,18)16-9-3-6-12(16)13-7-4-10-19-13/h1-2,4-5,7-8,10,12H,3,6,9H2. The first-order valence-electron chi connectivity index (χ1n) is 6.40. The van der Waals surface area contributed by atoms with Crippen LogP contribution in [0, 0.1) is 0 Å². The lowest BCUT2D eigenvalue weighted by atomic mass is 10.2. The van der Waals surface area contributed by atoms with Gasteiger partial charge in [-0.3, -0.25) is 0 Å². The highest BCUT2D eigenvalue weighted by Gasteiger charge is 2.37. The maximum atomic E-state index is 12.8. The Morgan fingerprint density at radius 2 is 2.00 bits per heavy atom. The maximum absolute atomic E-state index is 12.8. The molecule has 1 unspecified atom stereocenters. The molecule has 0 radical (unpaired) electrons. The zero-order chi connectivity index (χ0) is 14.2. The van der Waals surface area contributed by atoms with E-state index in [9.17, 15) is 8.42 Å². The molecule has 1 aliphatic rings. The van der Waals surface area contributed by atoms with Gasteiger partial charge in [-0.15, -0.1) is 11.3 Å². The van der Waals surface area contributed by atoms with E-state index in [1.807, 2.05) is 17.5 Å². The zero-order valence-corrected chi connectivity index (χ0v) is 13.1. The van der Waals surface area contributed by atoms with Gasteiger partial charge >= 0.3 is 0 Å². The van der Waals surface area contributed by atoms with Crippen LogP contribution >= 0.6 is 22.9 Å². The molecule has 1 fully saturated rings. The molecule has 0 spiro atoms. The Morgan fingerprint density at radius 1 is 1.20 bits per heavy atom. The van der Waals surface area contributed by atoms with Gasteiger partial charge < -0.3 is 0 Å². The Bertz CT molecular complexity index is 698. The van der Waals surface area contributed by atoms with Crippen LogP contribution in [0.1, 0.15) is 23.8 Å². The molecular weight excluding hydrogens is 314 g/mol. The highest BCUT2D eigenvalue weighted by molar-refractivity contribution is 7.89. The summed E-state index contributed by atoms with van der Waals surface area (Å²) < 4.78 is 27.2. The molecule has 3 nitrogen and oxygen atoms in total. The smallest absolute Gasteiger partial charge is 0.207 e. The molecule has 106 valence electrons. The lowest BCUT2D eigenvalue weighted by Crippen LogP contribution is -2.30. The molecule has 0 N–H and O–H groups in total. The van der Waals surface area contributed by atoms with Gasteiger partial charge in [0.05, 0.1) is 11.1 Å². The van der Waals surface area contributed by atoms with Crippen LogP contribution in [0.2, 0.25) is 5.02 Å². The van der Waals surface area contributed by atoms with Crippen molar-refractivity contribution < 1.29 is 8.42 Å². The topological polar surface area (TPSA) is 37.4 Å². The van der Waals surface area contributed by atoms with Gasteiger partial charge in [-0.1, -0.05) is 29.8 Å². The Labute approximate surface area is 127 Å². The summed E-state index contributed by atoms with van der Waals surface area (Å²) in [6.45, 7) is 0.552. The molecule has 6 heteroatoms. The van der Waals surface area contributed by atoms with Crippen LogP contribution in [0.15, 0.2) is 46.7 Å². The number of thiophene rings is 1. The summed E-state index contributed by atoms with van der Waals surface area (Å²) >= 11 is 7.66. The van der Waals surface area contributed by atoms with E-state index in [0.717, 1.165) is 17.7 Å². The molecule has 1 aromatic carbocycles. The van der Waals surface area contributed by atoms with E-state index in [1.165, 1.54) is 0 Å². The maximum Gasteiger partial charge on any atom is 0.245 e. The highest BCUT2D eigenvalue weighted by atomic mass is 35.5. The van der Waals surface area contributed by atoms with Crippen molar-refractivity contribution in [2.45, 2.75) is 23.8 Å². The molecule has 0 saturated carbocycles. The summed E-state index contributed by atoms with van der Waals surface area (Å²) in [6.07, 6.45) is 1.75. The van der Waals surface area contributed by atoms with Crippen LogP contribution in [0.5, 0.6) is 0 Å². The summed E-state index contributed by atoms with van der Waals surface area (Å²) in [4.78, 5) is 1.29. The average molecular weight is 328 g/mol. The Hall–Kier alpha value is -0.880. The first kappa shape index (κ1) is 14.1. The van der Waals surface area contributed by atoms with Crippen LogP contribution in [0.3, 0.4) is 0 Å². The molecule has 3 rings (SSSR count). The molecule has 0 bridgehead atoms. The van der Waals surface area contributed by atoms with E-state index in [2.05, 4.69) is 0 Å². The second kappa shape index (κ2) is 5.48. The summed E-state index contributed by atoms with van der Waals surface area (Å²) in [6, 6.07) is 10.5. The number of benzene rings is 1. The van der Waals surface area contributed by atoms with Gasteiger partial charge in [0.1, 0.15) is 4.90 Å². The van der Waals surface area contributed by atoms with Crippen molar-refractivity contribution in [1.82, 2.24) is 4.31 Å². The average Bonchev–Trinajstić information content (AvgIpc) is 3.10. The van der Waals surface area contributed by atoms with E-state index in [0.29, 0.717) is 6.54 Å². The molecule has 2 aromatic rings. The van der Waals surface area contributed by atoms with Crippen molar-refractivity contribution in [3.8, 4) is 0 Å². The minimum atomic E-state index is -3.54. The largest absolute Gasteiger partial charge is 0.245 e. The summed E-state index contributed by atoms with van der Waals surface area (Å²) in [5.41, 5.74) is 0. The van der Waals surface area contributed by atoms with Crippen molar-refractivity contribution in [2.24, 2.45) is 0 Å². The number of nitrogens with zero attached hydrogens (tertiary/aromatic N) is 1. The lowest BCUT2D eigenvalue weighted by Gasteiger charge is -2.23. The predicted octanol–water partition coefficient (Wildman–Crippen LogP) is 3.93. The Kier molecular flexibility index (Phi) is 3.86. The van der Waals surface area contributed by atoms with Crippen LogP contribution in [0.25, 0.3) is 0 Å². The van der Waals surface area contributed by atoms with Crippen molar-refractivity contribution in [2.75, 3.05) is 6.54 Å².